The average molecular weight is 440 g/mol. The Kier molecular flexibility index (Phi) is 9.43. The Morgan fingerprint density at radius 2 is 2.09 bits per heavy atom. The zero-order chi connectivity index (χ0) is 17.3. The first-order chi connectivity index (χ1) is 11.0. The number of carbonyl (C=O) groups excluding carboxylic acids is 2. The van der Waals surface area contributed by atoms with Gasteiger partial charge in [-0.2, -0.15) is 4.89 Å². The summed E-state index contributed by atoms with van der Waals surface area (Å²) in [5, 5.41) is 0. The lowest BCUT2D eigenvalue weighted by Crippen LogP contribution is -2.41. The van der Waals surface area contributed by atoms with Crippen molar-refractivity contribution in [1.29, 1.82) is 0 Å². The third kappa shape index (κ3) is 6.21. The van der Waals surface area contributed by atoms with Crippen molar-refractivity contribution in [1.82, 2.24) is 0 Å². The van der Waals surface area contributed by atoms with Crippen LogP contribution in [0.25, 0.3) is 0 Å². The topological polar surface area (TPSA) is 61.8 Å². The van der Waals surface area contributed by atoms with Crippen LogP contribution in [-0.2, 0) is 31.1 Å². The van der Waals surface area contributed by atoms with E-state index in [9.17, 15) is 9.59 Å². The van der Waals surface area contributed by atoms with E-state index in [1.54, 1.807) is 32.0 Å². The number of hydrogen-bond donors (Lipinski definition) is 0. The second-order valence-corrected chi connectivity index (χ2v) is 8.82. The first kappa shape index (κ1) is 20.7. The van der Waals surface area contributed by atoms with Gasteiger partial charge in [0.05, 0.1) is 13.0 Å². The van der Waals surface area contributed by atoms with Crippen LogP contribution >= 0.6 is 33.9 Å². The molecule has 0 saturated carbocycles. The normalized spacial score (nSPS) is 13.5. The van der Waals surface area contributed by atoms with Gasteiger partial charge in [-0.25, -0.2) is 4.79 Å². The van der Waals surface area contributed by atoms with Crippen molar-refractivity contribution in [3.8, 4) is 0 Å². The molecule has 5 nitrogen and oxygen atoms in total. The first-order valence-corrected chi connectivity index (χ1v) is 11.3. The van der Waals surface area contributed by atoms with Crippen LogP contribution in [-0.4, -0.2) is 29.9 Å². The summed E-state index contributed by atoms with van der Waals surface area (Å²) < 4.78 is 6.35. The van der Waals surface area contributed by atoms with Gasteiger partial charge in [-0.05, 0) is 26.0 Å². The number of ether oxygens (including phenoxy) is 1. The first-order valence-electron chi connectivity index (χ1n) is 6.80. The largest absolute Gasteiger partial charge is 0.388 e. The summed E-state index contributed by atoms with van der Waals surface area (Å²) in [5.41, 5.74) is 0.473. The van der Waals surface area contributed by atoms with Gasteiger partial charge >= 0.3 is 5.97 Å². The van der Waals surface area contributed by atoms with Gasteiger partial charge in [0, 0.05) is 16.6 Å². The van der Waals surface area contributed by atoms with Crippen molar-refractivity contribution in [2.24, 2.45) is 0 Å². The van der Waals surface area contributed by atoms with E-state index in [2.05, 4.69) is 15.9 Å². The number of Topliss-reactive ketones (excluding diaryl/α,β-unsaturated/α-hetero) is 1. The molecule has 1 aromatic rings. The highest BCUT2D eigenvalue weighted by molar-refractivity contribution is 9.10. The summed E-state index contributed by atoms with van der Waals surface area (Å²) >= 11 is 9.37. The third-order valence-electron chi connectivity index (χ3n) is 2.69. The van der Waals surface area contributed by atoms with Gasteiger partial charge in [0.25, 0.3) is 4.93 Å². The van der Waals surface area contributed by atoms with E-state index in [1.807, 2.05) is 6.07 Å². The third-order valence-corrected chi connectivity index (χ3v) is 6.01. The molecule has 0 bridgehead atoms. The molecule has 0 fully saturated rings. The van der Waals surface area contributed by atoms with E-state index < -0.39 is 10.9 Å². The van der Waals surface area contributed by atoms with Gasteiger partial charge < -0.3 is 4.74 Å². The van der Waals surface area contributed by atoms with Crippen molar-refractivity contribution in [2.45, 2.75) is 25.2 Å². The molecule has 0 radical (unpaired) electrons. The molecule has 1 rings (SSSR count). The van der Waals surface area contributed by atoms with E-state index in [-0.39, 0.29) is 32.0 Å². The summed E-state index contributed by atoms with van der Waals surface area (Å²) in [7, 11) is 0. The molecule has 2 atom stereocenters. The second-order valence-electron chi connectivity index (χ2n) is 4.26. The molecule has 126 valence electrons. The highest BCUT2D eigenvalue weighted by Gasteiger charge is 2.48. The fourth-order valence-corrected chi connectivity index (χ4v) is 5.03. The Hall–Kier alpha value is -0.370. The van der Waals surface area contributed by atoms with Gasteiger partial charge in [-0.1, -0.05) is 28.1 Å². The van der Waals surface area contributed by atoms with Gasteiger partial charge in [-0.3, -0.25) is 9.68 Å². The SMILES string of the molecule is CCOOC(=O)C(CC(=O)c1cccc(Br)c1)(OCC)S[PH+]=S. The van der Waals surface area contributed by atoms with Crippen molar-refractivity contribution in [3.63, 3.8) is 0 Å². The fourth-order valence-electron chi connectivity index (χ4n) is 1.74. The van der Waals surface area contributed by atoms with Crippen LogP contribution in [0.2, 0.25) is 0 Å². The van der Waals surface area contributed by atoms with Gasteiger partial charge in [-0.15, -0.1) is 0 Å². The Bertz CT molecular complexity index is 572. The van der Waals surface area contributed by atoms with Crippen LogP contribution in [0, 0.1) is 0 Å². The van der Waals surface area contributed by atoms with Crippen LogP contribution in [0.1, 0.15) is 30.6 Å². The maximum absolute atomic E-state index is 12.5. The molecule has 23 heavy (non-hydrogen) atoms. The lowest BCUT2D eigenvalue weighted by atomic mass is 10.0. The maximum Gasteiger partial charge on any atom is 0.388 e. The predicted octanol–water partition coefficient (Wildman–Crippen LogP) is 4.04. The van der Waals surface area contributed by atoms with Crippen molar-refractivity contribution in [3.05, 3.63) is 34.3 Å². The molecule has 2 unspecified atom stereocenters. The fraction of sp³-hybridized carbons (Fsp3) is 0.429. The summed E-state index contributed by atoms with van der Waals surface area (Å²) in [5.74, 6) is -0.999. The summed E-state index contributed by atoms with van der Waals surface area (Å²) in [6, 6.07) is 6.93. The van der Waals surface area contributed by atoms with E-state index in [1.165, 1.54) is 0 Å². The van der Waals surface area contributed by atoms with Crippen LogP contribution in [0.15, 0.2) is 28.7 Å². The molecule has 0 saturated heterocycles. The van der Waals surface area contributed by atoms with Gasteiger partial charge in [0.15, 0.2) is 17.6 Å². The smallest absolute Gasteiger partial charge is 0.350 e. The maximum atomic E-state index is 12.5. The Morgan fingerprint density at radius 1 is 1.35 bits per heavy atom. The highest BCUT2D eigenvalue weighted by Crippen LogP contribution is 2.41. The van der Waals surface area contributed by atoms with Crippen LogP contribution < -0.4 is 0 Å². The van der Waals surface area contributed by atoms with E-state index >= 15 is 0 Å². The number of benzene rings is 1. The minimum atomic E-state index is -1.50. The molecule has 0 aromatic heterocycles. The lowest BCUT2D eigenvalue weighted by Gasteiger charge is -2.24. The zero-order valence-corrected chi connectivity index (χ0v) is 16.9. The molecule has 0 spiro atoms. The van der Waals surface area contributed by atoms with Crippen LogP contribution in [0.5, 0.6) is 0 Å². The minimum absolute atomic E-state index is 0.0711. The van der Waals surface area contributed by atoms with Crippen molar-refractivity contribution >= 4 is 57.4 Å². The molecule has 0 aliphatic rings. The monoisotopic (exact) mass is 439 g/mol. The molecule has 0 amide bonds. The standard InChI is InChI=1S/C14H16BrO5PS2/c1-3-18-14(23-21-22,13(17)20-19-4-2)9-12(16)10-6-5-7-11(15)8-10/h5-8H,3-4,9H2,1-2H3/p+1. The summed E-state index contributed by atoms with van der Waals surface area (Å²) in [6.45, 7) is 3.79. The number of hydrogen-bond acceptors (Lipinski definition) is 7. The van der Waals surface area contributed by atoms with E-state index in [4.69, 9.17) is 26.3 Å². The Balaban J connectivity index is 3.05. The van der Waals surface area contributed by atoms with Crippen LogP contribution in [0.3, 0.4) is 0 Å². The average Bonchev–Trinajstić information content (AvgIpc) is 2.52. The zero-order valence-electron chi connectivity index (χ0n) is 12.7. The highest BCUT2D eigenvalue weighted by atomic mass is 79.9. The Morgan fingerprint density at radius 3 is 2.65 bits per heavy atom. The number of rotatable bonds is 10. The second kappa shape index (κ2) is 10.5. The minimum Gasteiger partial charge on any atom is -0.350 e. The quantitative estimate of drug-likeness (QED) is 0.179. The summed E-state index contributed by atoms with van der Waals surface area (Å²) in [6.07, 6.45) is -0.183. The summed E-state index contributed by atoms with van der Waals surface area (Å²) in [4.78, 5) is 32.8. The van der Waals surface area contributed by atoms with Gasteiger partial charge in [0.1, 0.15) is 11.4 Å². The van der Waals surface area contributed by atoms with E-state index in [0.717, 1.165) is 15.9 Å². The van der Waals surface area contributed by atoms with E-state index in [0.29, 0.717) is 5.56 Å². The van der Waals surface area contributed by atoms with Gasteiger partial charge in [0.2, 0.25) is 6.56 Å². The number of halogens is 1. The van der Waals surface area contributed by atoms with Crippen molar-refractivity contribution < 1.29 is 24.1 Å². The number of carbonyl (C=O) groups is 2. The molecule has 0 heterocycles. The molecule has 9 heteroatoms. The molecule has 0 aliphatic carbocycles. The predicted molar refractivity (Wildman–Crippen MR) is 98.4 cm³/mol. The molecule has 1 aromatic carbocycles. The molecular formula is C14H17BrO5PS2+. The molecular weight excluding hydrogens is 423 g/mol. The number of ketones is 1. The van der Waals surface area contributed by atoms with Crippen molar-refractivity contribution in [2.75, 3.05) is 13.2 Å². The Labute approximate surface area is 154 Å². The lowest BCUT2D eigenvalue weighted by molar-refractivity contribution is -0.279. The molecule has 0 aliphatic heterocycles. The molecule has 0 N–H and O–H groups in total. The van der Waals surface area contributed by atoms with Crippen LogP contribution in [0.4, 0.5) is 0 Å².